The summed E-state index contributed by atoms with van der Waals surface area (Å²) in [6, 6.07) is 15.2. The molecule has 160 valence electrons. The number of rotatable bonds is 6. The lowest BCUT2D eigenvalue weighted by Gasteiger charge is -2.34. The van der Waals surface area contributed by atoms with Crippen molar-refractivity contribution in [3.05, 3.63) is 77.2 Å². The predicted octanol–water partition coefficient (Wildman–Crippen LogP) is 5.02. The van der Waals surface area contributed by atoms with E-state index in [4.69, 9.17) is 11.6 Å². The van der Waals surface area contributed by atoms with Crippen LogP contribution in [0.1, 0.15) is 28.9 Å². The lowest BCUT2D eigenvalue weighted by molar-refractivity contribution is 0.102. The number of hydrogen-bond donors (Lipinski definition) is 2. The zero-order valence-electron chi connectivity index (χ0n) is 17.5. The molecule has 1 aromatic carbocycles. The third-order valence-electron chi connectivity index (χ3n) is 5.60. The number of halogens is 1. The highest BCUT2D eigenvalue weighted by molar-refractivity contribution is 6.33. The van der Waals surface area contributed by atoms with Gasteiger partial charge in [-0.3, -0.25) is 9.78 Å². The molecule has 0 atom stereocenters. The second-order valence-electron chi connectivity index (χ2n) is 7.80. The number of carbonyl (C=O) groups is 1. The number of para-hydroxylation sites is 1. The first-order chi connectivity index (χ1) is 15.1. The number of anilines is 3. The van der Waals surface area contributed by atoms with Crippen molar-refractivity contribution in [1.29, 1.82) is 0 Å². The molecule has 0 unspecified atom stereocenters. The molecule has 0 radical (unpaired) electrons. The maximum absolute atomic E-state index is 12.8. The summed E-state index contributed by atoms with van der Waals surface area (Å²) in [5.41, 5.74) is 3.69. The Morgan fingerprint density at radius 1 is 1.10 bits per heavy atom. The molecule has 3 aromatic rings. The Hall–Kier alpha value is -3.12. The van der Waals surface area contributed by atoms with E-state index in [1.165, 1.54) is 5.69 Å². The lowest BCUT2D eigenvalue weighted by Crippen LogP contribution is -2.36. The SMILES string of the molecule is Cc1cc(N2CCC(CNc3ccccc3C(=O)Nc3ncccc3Cl)CC2)ccn1. The van der Waals surface area contributed by atoms with Crippen molar-refractivity contribution in [2.45, 2.75) is 19.8 Å². The normalized spacial score (nSPS) is 14.3. The van der Waals surface area contributed by atoms with Gasteiger partial charge in [-0.2, -0.15) is 0 Å². The van der Waals surface area contributed by atoms with E-state index in [1.807, 2.05) is 37.4 Å². The fraction of sp³-hybridized carbons (Fsp3) is 0.292. The highest BCUT2D eigenvalue weighted by Gasteiger charge is 2.20. The van der Waals surface area contributed by atoms with Gasteiger partial charge in [0.1, 0.15) is 0 Å². The molecule has 0 aliphatic carbocycles. The van der Waals surface area contributed by atoms with Crippen LogP contribution in [-0.2, 0) is 0 Å². The van der Waals surface area contributed by atoms with Crippen LogP contribution in [0.3, 0.4) is 0 Å². The van der Waals surface area contributed by atoms with Crippen LogP contribution < -0.4 is 15.5 Å². The standard InChI is InChI=1S/C24H26ClN5O/c1-17-15-19(8-12-26-17)30-13-9-18(10-14-30)16-28-22-7-3-2-5-20(22)24(31)29-23-21(25)6-4-11-27-23/h2-8,11-12,15,18,28H,9-10,13-14,16H2,1H3,(H,27,29,31). The molecule has 1 fully saturated rings. The minimum atomic E-state index is -0.230. The molecular formula is C24H26ClN5O. The minimum Gasteiger partial charge on any atom is -0.384 e. The Morgan fingerprint density at radius 2 is 1.90 bits per heavy atom. The maximum Gasteiger partial charge on any atom is 0.258 e. The number of amides is 1. The van der Waals surface area contributed by atoms with E-state index in [9.17, 15) is 4.79 Å². The second kappa shape index (κ2) is 9.79. The number of hydrogen-bond acceptors (Lipinski definition) is 5. The van der Waals surface area contributed by atoms with Crippen molar-refractivity contribution in [2.24, 2.45) is 5.92 Å². The van der Waals surface area contributed by atoms with E-state index in [1.54, 1.807) is 18.3 Å². The molecule has 3 heterocycles. The Kier molecular flexibility index (Phi) is 6.67. The number of aryl methyl sites for hydroxylation is 1. The third kappa shape index (κ3) is 5.33. The molecule has 7 heteroatoms. The number of pyridine rings is 2. The molecule has 1 aliphatic heterocycles. The fourth-order valence-electron chi connectivity index (χ4n) is 3.86. The van der Waals surface area contributed by atoms with Crippen molar-refractivity contribution in [3.63, 3.8) is 0 Å². The molecule has 4 rings (SSSR count). The van der Waals surface area contributed by atoms with Crippen LogP contribution in [0, 0.1) is 12.8 Å². The molecule has 2 N–H and O–H groups in total. The van der Waals surface area contributed by atoms with Gasteiger partial charge in [0.05, 0.1) is 10.6 Å². The summed E-state index contributed by atoms with van der Waals surface area (Å²) < 4.78 is 0. The molecule has 31 heavy (non-hydrogen) atoms. The van der Waals surface area contributed by atoms with Gasteiger partial charge in [0.2, 0.25) is 0 Å². The lowest BCUT2D eigenvalue weighted by atomic mass is 9.96. The summed E-state index contributed by atoms with van der Waals surface area (Å²) in [6.07, 6.45) is 5.68. The molecule has 0 saturated carbocycles. The molecule has 1 aliphatic rings. The summed E-state index contributed by atoms with van der Waals surface area (Å²) in [5.74, 6) is 0.690. The van der Waals surface area contributed by atoms with E-state index in [0.717, 1.165) is 43.9 Å². The smallest absolute Gasteiger partial charge is 0.258 e. The quantitative estimate of drug-likeness (QED) is 0.569. The van der Waals surface area contributed by atoms with Gasteiger partial charge in [-0.05, 0) is 62.1 Å². The summed E-state index contributed by atoms with van der Waals surface area (Å²) in [4.78, 5) is 23.6. The maximum atomic E-state index is 12.8. The fourth-order valence-corrected chi connectivity index (χ4v) is 4.03. The van der Waals surface area contributed by atoms with Crippen molar-refractivity contribution < 1.29 is 4.79 Å². The van der Waals surface area contributed by atoms with Crippen molar-refractivity contribution in [3.8, 4) is 0 Å². The first-order valence-corrected chi connectivity index (χ1v) is 10.9. The number of nitrogens with zero attached hydrogens (tertiary/aromatic N) is 3. The van der Waals surface area contributed by atoms with Crippen LogP contribution in [0.15, 0.2) is 60.9 Å². The molecule has 1 saturated heterocycles. The van der Waals surface area contributed by atoms with Crippen LogP contribution in [0.2, 0.25) is 5.02 Å². The highest BCUT2D eigenvalue weighted by atomic mass is 35.5. The van der Waals surface area contributed by atoms with E-state index < -0.39 is 0 Å². The van der Waals surface area contributed by atoms with E-state index >= 15 is 0 Å². The van der Waals surface area contributed by atoms with E-state index in [2.05, 4.69) is 37.6 Å². The second-order valence-corrected chi connectivity index (χ2v) is 8.21. The van der Waals surface area contributed by atoms with E-state index in [0.29, 0.717) is 22.3 Å². The number of nitrogens with one attached hydrogen (secondary N) is 2. The van der Waals surface area contributed by atoms with Crippen molar-refractivity contribution in [2.75, 3.05) is 35.2 Å². The Bertz CT molecular complexity index is 1050. The highest BCUT2D eigenvalue weighted by Crippen LogP contribution is 2.25. The van der Waals surface area contributed by atoms with E-state index in [-0.39, 0.29) is 5.91 Å². The Balaban J connectivity index is 1.34. The zero-order valence-corrected chi connectivity index (χ0v) is 18.3. The van der Waals surface area contributed by atoms with Gasteiger partial charge in [-0.1, -0.05) is 23.7 Å². The summed E-state index contributed by atoms with van der Waals surface area (Å²) in [5, 5.41) is 6.70. The Labute approximate surface area is 187 Å². The van der Waals surface area contributed by atoms with Crippen LogP contribution in [-0.4, -0.2) is 35.5 Å². The summed E-state index contributed by atoms with van der Waals surface area (Å²) >= 11 is 6.12. The monoisotopic (exact) mass is 435 g/mol. The summed E-state index contributed by atoms with van der Waals surface area (Å²) in [7, 11) is 0. The molecule has 2 aromatic heterocycles. The predicted molar refractivity (Wildman–Crippen MR) is 126 cm³/mol. The van der Waals surface area contributed by atoms with Gasteiger partial charge in [-0.15, -0.1) is 0 Å². The number of piperidine rings is 1. The average molecular weight is 436 g/mol. The first kappa shape index (κ1) is 21.1. The van der Waals surface area contributed by atoms with Gasteiger partial charge in [0.15, 0.2) is 5.82 Å². The van der Waals surface area contributed by atoms with Gasteiger partial charge in [0.25, 0.3) is 5.91 Å². The molecule has 1 amide bonds. The van der Waals surface area contributed by atoms with Crippen LogP contribution in [0.25, 0.3) is 0 Å². The number of carbonyl (C=O) groups excluding carboxylic acids is 1. The van der Waals surface area contributed by atoms with Gasteiger partial charge in [0, 0.05) is 49.1 Å². The van der Waals surface area contributed by atoms with Gasteiger partial charge in [-0.25, -0.2) is 4.98 Å². The minimum absolute atomic E-state index is 0.230. The molecule has 6 nitrogen and oxygen atoms in total. The van der Waals surface area contributed by atoms with Crippen LogP contribution >= 0.6 is 11.6 Å². The molecular weight excluding hydrogens is 410 g/mol. The zero-order chi connectivity index (χ0) is 21.6. The Morgan fingerprint density at radius 3 is 2.68 bits per heavy atom. The largest absolute Gasteiger partial charge is 0.384 e. The van der Waals surface area contributed by atoms with Crippen LogP contribution in [0.5, 0.6) is 0 Å². The number of benzene rings is 1. The average Bonchev–Trinajstić information content (AvgIpc) is 2.80. The van der Waals surface area contributed by atoms with Gasteiger partial charge >= 0.3 is 0 Å². The summed E-state index contributed by atoms with van der Waals surface area (Å²) in [6.45, 7) is 4.90. The van der Waals surface area contributed by atoms with Crippen LogP contribution in [0.4, 0.5) is 17.2 Å². The van der Waals surface area contributed by atoms with Crippen molar-refractivity contribution >= 4 is 34.7 Å². The van der Waals surface area contributed by atoms with Crippen molar-refractivity contribution in [1.82, 2.24) is 9.97 Å². The van der Waals surface area contributed by atoms with Gasteiger partial charge < -0.3 is 15.5 Å². The molecule has 0 spiro atoms. The molecule has 0 bridgehead atoms. The topological polar surface area (TPSA) is 70.2 Å². The number of aromatic nitrogens is 2. The first-order valence-electron chi connectivity index (χ1n) is 10.5. The third-order valence-corrected chi connectivity index (χ3v) is 5.91.